The van der Waals surface area contributed by atoms with E-state index in [1.165, 1.54) is 57.8 Å². The molecule has 0 bridgehead atoms. The zero-order valence-corrected chi connectivity index (χ0v) is 14.2. The second-order valence-electron chi connectivity index (χ2n) is 6.20. The van der Waals surface area contributed by atoms with Crippen molar-refractivity contribution in [3.63, 3.8) is 0 Å². The van der Waals surface area contributed by atoms with Crippen molar-refractivity contribution in [1.29, 1.82) is 0 Å². The quantitative estimate of drug-likeness (QED) is 0.162. The smallest absolute Gasteiger partial charge is 0.303 e. The molecule has 0 aromatic heterocycles. The summed E-state index contributed by atoms with van der Waals surface area (Å²) in [5, 5.41) is 12.3. The third kappa shape index (κ3) is 15.2. The number of unbranched alkanes of at least 4 members (excludes halogenated alkanes) is 10. The molecule has 0 unspecified atom stereocenters. The van der Waals surface area contributed by atoms with E-state index in [0.29, 0.717) is 6.54 Å². The topological polar surface area (TPSA) is 86.1 Å². The summed E-state index contributed by atoms with van der Waals surface area (Å²) in [5.74, 6) is -0.812. The molecule has 0 heterocycles. The Morgan fingerprint density at radius 1 is 1.00 bits per heavy atom. The summed E-state index contributed by atoms with van der Waals surface area (Å²) < 4.78 is 0. The van der Waals surface area contributed by atoms with E-state index >= 15 is 0 Å². The second-order valence-corrected chi connectivity index (χ2v) is 6.20. The molecular weight excluding hydrogens is 278 g/mol. The maximum Gasteiger partial charge on any atom is 0.303 e. The Kier molecular flexibility index (Phi) is 15.3. The number of azide groups is 1. The van der Waals surface area contributed by atoms with Gasteiger partial charge in [0.2, 0.25) is 0 Å². The molecule has 0 aromatic rings. The Hall–Kier alpha value is -1.22. The fourth-order valence-electron chi connectivity index (χ4n) is 2.75. The molecule has 0 radical (unpaired) electrons. The number of carboxylic acid groups (broad SMARTS) is 1. The fraction of sp³-hybridized carbons (Fsp3) is 0.941. The Morgan fingerprint density at radius 2 is 1.50 bits per heavy atom. The third-order valence-corrected chi connectivity index (χ3v) is 4.08. The average Bonchev–Trinajstić information content (AvgIpc) is 2.49. The van der Waals surface area contributed by atoms with E-state index in [0.717, 1.165) is 19.3 Å². The maximum atomic E-state index is 10.7. The molecule has 0 aliphatic heterocycles. The molecule has 0 rings (SSSR count). The first kappa shape index (κ1) is 20.8. The lowest BCUT2D eigenvalue weighted by atomic mass is 9.97. The van der Waals surface area contributed by atoms with Gasteiger partial charge in [0, 0.05) is 17.9 Å². The van der Waals surface area contributed by atoms with Crippen molar-refractivity contribution in [1.82, 2.24) is 0 Å². The van der Waals surface area contributed by atoms with E-state index in [4.69, 9.17) is 10.6 Å². The highest BCUT2D eigenvalue weighted by molar-refractivity contribution is 5.67. The number of hydrogen-bond acceptors (Lipinski definition) is 2. The first-order valence-corrected chi connectivity index (χ1v) is 8.93. The number of rotatable bonds is 16. The lowest BCUT2D eigenvalue weighted by molar-refractivity contribution is -0.138. The highest BCUT2D eigenvalue weighted by atomic mass is 16.4. The van der Waals surface area contributed by atoms with E-state index in [2.05, 4.69) is 16.9 Å². The van der Waals surface area contributed by atoms with Gasteiger partial charge in [-0.1, -0.05) is 82.7 Å². The van der Waals surface area contributed by atoms with Crippen LogP contribution in [0.4, 0.5) is 0 Å². The van der Waals surface area contributed by atoms with Crippen molar-refractivity contribution in [2.24, 2.45) is 11.0 Å². The Bertz CT molecular complexity index is 311. The Labute approximate surface area is 135 Å². The third-order valence-electron chi connectivity index (χ3n) is 4.08. The molecule has 0 amide bonds. The van der Waals surface area contributed by atoms with Crippen molar-refractivity contribution in [2.75, 3.05) is 6.54 Å². The molecule has 0 spiro atoms. The Morgan fingerprint density at radius 3 is 1.95 bits per heavy atom. The van der Waals surface area contributed by atoms with Crippen molar-refractivity contribution in [3.8, 4) is 0 Å². The number of carbonyl (C=O) groups is 1. The highest BCUT2D eigenvalue weighted by Gasteiger charge is 2.11. The van der Waals surface area contributed by atoms with Crippen molar-refractivity contribution in [2.45, 2.75) is 90.4 Å². The van der Waals surface area contributed by atoms with Crippen molar-refractivity contribution in [3.05, 3.63) is 10.4 Å². The van der Waals surface area contributed by atoms with Gasteiger partial charge in [-0.25, -0.2) is 0 Å². The minimum atomic E-state index is -0.804. The zero-order valence-electron chi connectivity index (χ0n) is 14.2. The molecule has 0 aromatic carbocycles. The van der Waals surface area contributed by atoms with Crippen molar-refractivity contribution >= 4 is 5.97 Å². The standard InChI is InChI=1S/C17H33N3O2/c1-2-3-4-5-6-7-8-9-10-11-12-13-16(14-17(21)22)15-19-20-18/h16H,2-15H2,1H3,(H,21,22)/t16-/m0/s1. The number of nitrogens with zero attached hydrogens (tertiary/aromatic N) is 3. The molecule has 0 aliphatic carbocycles. The van der Waals surface area contributed by atoms with E-state index in [1.54, 1.807) is 0 Å². The summed E-state index contributed by atoms with van der Waals surface area (Å²) >= 11 is 0. The van der Waals surface area contributed by atoms with Gasteiger partial charge in [0.1, 0.15) is 0 Å². The van der Waals surface area contributed by atoms with E-state index in [-0.39, 0.29) is 12.3 Å². The van der Waals surface area contributed by atoms with E-state index in [1.807, 2.05) is 0 Å². The van der Waals surface area contributed by atoms with Gasteiger partial charge in [0.05, 0.1) is 0 Å². The number of hydrogen-bond donors (Lipinski definition) is 1. The van der Waals surface area contributed by atoms with Crippen LogP contribution in [0, 0.1) is 5.92 Å². The van der Waals surface area contributed by atoms with Gasteiger partial charge in [-0.05, 0) is 17.9 Å². The molecule has 0 saturated carbocycles. The van der Waals surface area contributed by atoms with Crippen LogP contribution in [0.1, 0.15) is 90.4 Å². The second kappa shape index (κ2) is 16.2. The lowest BCUT2D eigenvalue weighted by Gasteiger charge is -2.11. The number of carboxylic acids is 1. The molecule has 5 heteroatoms. The van der Waals surface area contributed by atoms with Gasteiger partial charge in [-0.2, -0.15) is 0 Å². The Balaban J connectivity index is 3.44. The SMILES string of the molecule is CCCCCCCCCCCCC[C@H](CN=[N+]=[N-])CC(=O)O. The van der Waals surface area contributed by atoms with Gasteiger partial charge in [-0.3, -0.25) is 4.79 Å². The predicted octanol–water partition coefficient (Wildman–Crippen LogP) is 6.09. The molecule has 0 fully saturated rings. The van der Waals surface area contributed by atoms with Gasteiger partial charge in [-0.15, -0.1) is 0 Å². The summed E-state index contributed by atoms with van der Waals surface area (Å²) in [6.45, 7) is 2.55. The van der Waals surface area contributed by atoms with E-state index < -0.39 is 5.97 Å². The minimum absolute atomic E-state index is 0.00744. The van der Waals surface area contributed by atoms with Crippen LogP contribution >= 0.6 is 0 Å². The molecular formula is C17H33N3O2. The molecule has 1 atom stereocenters. The average molecular weight is 311 g/mol. The molecule has 22 heavy (non-hydrogen) atoms. The molecule has 5 nitrogen and oxygen atoms in total. The lowest BCUT2D eigenvalue weighted by Crippen LogP contribution is -2.10. The molecule has 0 aliphatic rings. The molecule has 1 N–H and O–H groups in total. The summed E-state index contributed by atoms with van der Waals surface area (Å²) in [7, 11) is 0. The van der Waals surface area contributed by atoms with Crippen LogP contribution in [0.2, 0.25) is 0 Å². The zero-order chi connectivity index (χ0) is 16.5. The maximum absolute atomic E-state index is 10.7. The van der Waals surface area contributed by atoms with Crippen LogP contribution in [0.25, 0.3) is 10.4 Å². The van der Waals surface area contributed by atoms with Crippen LogP contribution in [0.3, 0.4) is 0 Å². The van der Waals surface area contributed by atoms with Crippen LogP contribution in [0.5, 0.6) is 0 Å². The summed E-state index contributed by atoms with van der Waals surface area (Å²) in [4.78, 5) is 13.5. The predicted molar refractivity (Wildman–Crippen MR) is 90.8 cm³/mol. The van der Waals surface area contributed by atoms with Crippen molar-refractivity contribution < 1.29 is 9.90 Å². The minimum Gasteiger partial charge on any atom is -0.481 e. The largest absolute Gasteiger partial charge is 0.481 e. The number of aliphatic carboxylic acids is 1. The first-order chi connectivity index (χ1) is 10.7. The van der Waals surface area contributed by atoms with E-state index in [9.17, 15) is 4.79 Å². The highest BCUT2D eigenvalue weighted by Crippen LogP contribution is 2.17. The van der Waals surface area contributed by atoms with Crippen LogP contribution in [-0.4, -0.2) is 17.6 Å². The van der Waals surface area contributed by atoms with Crippen LogP contribution in [0.15, 0.2) is 5.11 Å². The van der Waals surface area contributed by atoms with Gasteiger partial charge < -0.3 is 5.11 Å². The summed E-state index contributed by atoms with van der Waals surface area (Å²) in [6.07, 6.45) is 15.1. The summed E-state index contributed by atoms with van der Waals surface area (Å²) in [5.41, 5.74) is 8.32. The first-order valence-electron chi connectivity index (χ1n) is 8.93. The molecule has 128 valence electrons. The van der Waals surface area contributed by atoms with Crippen LogP contribution in [-0.2, 0) is 4.79 Å². The monoisotopic (exact) mass is 311 g/mol. The fourth-order valence-corrected chi connectivity index (χ4v) is 2.75. The molecule has 0 saturated heterocycles. The van der Waals surface area contributed by atoms with Crippen LogP contribution < -0.4 is 0 Å². The van der Waals surface area contributed by atoms with Gasteiger partial charge in [0.15, 0.2) is 0 Å². The normalized spacial score (nSPS) is 11.9. The van der Waals surface area contributed by atoms with Gasteiger partial charge in [0.25, 0.3) is 0 Å². The summed E-state index contributed by atoms with van der Waals surface area (Å²) in [6, 6.07) is 0. The van der Waals surface area contributed by atoms with Gasteiger partial charge >= 0.3 is 5.97 Å².